The Morgan fingerprint density at radius 1 is 1.11 bits per heavy atom. The molecule has 1 aromatic carbocycles. The van der Waals surface area contributed by atoms with E-state index in [1.807, 2.05) is 6.07 Å². The Labute approximate surface area is 158 Å². The van der Waals surface area contributed by atoms with Crippen LogP contribution in [0.4, 0.5) is 0 Å². The number of benzene rings is 1. The lowest BCUT2D eigenvalue weighted by molar-refractivity contribution is -0.00358. The van der Waals surface area contributed by atoms with Gasteiger partial charge < -0.3 is 4.90 Å². The van der Waals surface area contributed by atoms with Gasteiger partial charge in [-0.3, -0.25) is 19.6 Å². The normalized spacial score (nSPS) is 31.7. The summed E-state index contributed by atoms with van der Waals surface area (Å²) < 4.78 is 0. The van der Waals surface area contributed by atoms with Crippen molar-refractivity contribution in [3.8, 4) is 0 Å². The van der Waals surface area contributed by atoms with E-state index in [1.165, 1.54) is 12.5 Å². The van der Waals surface area contributed by atoms with Crippen LogP contribution in [-0.4, -0.2) is 63.4 Å². The summed E-state index contributed by atoms with van der Waals surface area (Å²) in [6.07, 6.45) is 2.32. The molecule has 6 rings (SSSR count). The molecule has 0 saturated carbocycles. The Morgan fingerprint density at radius 2 is 1.85 bits per heavy atom. The maximum absolute atomic E-state index is 13.3. The fourth-order valence-electron chi connectivity index (χ4n) is 5.41. The first-order chi connectivity index (χ1) is 13.1. The molecule has 0 aliphatic carbocycles. The molecular weight excluding hydrogens is 340 g/mol. The average molecular weight is 364 g/mol. The number of nitrogens with one attached hydrogen (secondary N) is 1. The standard InChI is InChI=1S/C21H24N4O2/c1-13(26)17-11-18(23-22-17)21(27)25-12-16(14-5-3-2-4-6-14)20-19(25)15-7-9-24(20)10-8-15/h2-6,11,15-16,19-20H,7-10,12H2,1H3,(H,22,23)/t16-,19+,20+/m0/s1. The Hall–Kier alpha value is -2.47. The molecule has 4 fully saturated rings. The highest BCUT2D eigenvalue weighted by atomic mass is 16.2. The number of aromatic amines is 1. The Kier molecular flexibility index (Phi) is 3.90. The van der Waals surface area contributed by atoms with Crippen molar-refractivity contribution in [1.82, 2.24) is 20.0 Å². The number of fused-ring (bicyclic) bond motifs is 2. The van der Waals surface area contributed by atoms with E-state index >= 15 is 0 Å². The Morgan fingerprint density at radius 3 is 2.52 bits per heavy atom. The number of carbonyl (C=O) groups is 2. The van der Waals surface area contributed by atoms with E-state index in [9.17, 15) is 9.59 Å². The number of rotatable bonds is 3. The molecule has 1 N–H and O–H groups in total. The van der Waals surface area contributed by atoms with Crippen molar-refractivity contribution in [1.29, 1.82) is 0 Å². The molecule has 6 heteroatoms. The third-order valence-electron chi connectivity index (χ3n) is 6.65. The summed E-state index contributed by atoms with van der Waals surface area (Å²) in [6, 6.07) is 12.8. The van der Waals surface area contributed by atoms with Gasteiger partial charge >= 0.3 is 0 Å². The number of likely N-dealkylation sites (tertiary alicyclic amines) is 1. The van der Waals surface area contributed by atoms with E-state index in [0.29, 0.717) is 29.3 Å². The van der Waals surface area contributed by atoms with E-state index in [2.05, 4.69) is 44.3 Å². The molecule has 4 aliphatic rings. The van der Waals surface area contributed by atoms with Crippen LogP contribution < -0.4 is 0 Å². The lowest BCUT2D eigenvalue weighted by atomic mass is 9.75. The number of nitrogens with zero attached hydrogens (tertiary/aromatic N) is 3. The van der Waals surface area contributed by atoms with Crippen LogP contribution in [0.1, 0.15) is 52.2 Å². The van der Waals surface area contributed by atoms with Gasteiger partial charge in [0.25, 0.3) is 5.91 Å². The van der Waals surface area contributed by atoms with E-state index in [4.69, 9.17) is 0 Å². The highest BCUT2D eigenvalue weighted by molar-refractivity contribution is 5.97. The SMILES string of the molecule is CC(=O)c1cc(C(=O)N2C[C@@H](c3ccccc3)[C@@H]3[C@H]2C2CCN3CC2)[nH]n1. The lowest BCUT2D eigenvalue weighted by Gasteiger charge is -2.51. The minimum atomic E-state index is -0.130. The largest absolute Gasteiger partial charge is 0.332 e. The van der Waals surface area contributed by atoms with E-state index < -0.39 is 0 Å². The summed E-state index contributed by atoms with van der Waals surface area (Å²) in [5.41, 5.74) is 2.05. The van der Waals surface area contributed by atoms with Crippen molar-refractivity contribution in [2.24, 2.45) is 5.92 Å². The molecule has 0 spiro atoms. The summed E-state index contributed by atoms with van der Waals surface area (Å²) in [5, 5.41) is 6.79. The second-order valence-corrected chi connectivity index (χ2v) is 8.05. The predicted molar refractivity (Wildman–Crippen MR) is 101 cm³/mol. The number of amides is 1. The zero-order chi connectivity index (χ0) is 18.5. The molecule has 27 heavy (non-hydrogen) atoms. The average Bonchev–Trinajstić information content (AvgIpc) is 3.36. The monoisotopic (exact) mass is 364 g/mol. The molecule has 1 amide bonds. The van der Waals surface area contributed by atoms with Crippen LogP contribution in [0.25, 0.3) is 0 Å². The number of Topliss-reactive ketones (excluding diaryl/α,β-unsaturated/α-hetero) is 1. The van der Waals surface area contributed by atoms with Crippen molar-refractivity contribution < 1.29 is 9.59 Å². The number of aromatic nitrogens is 2. The summed E-state index contributed by atoms with van der Waals surface area (Å²) in [4.78, 5) is 29.5. The van der Waals surface area contributed by atoms with E-state index in [-0.39, 0.29) is 17.7 Å². The first-order valence-electron chi connectivity index (χ1n) is 9.80. The van der Waals surface area contributed by atoms with Crippen LogP contribution in [0.15, 0.2) is 36.4 Å². The molecule has 0 unspecified atom stereocenters. The molecule has 4 saturated heterocycles. The number of ketones is 1. The molecule has 2 bridgehead atoms. The molecule has 140 valence electrons. The maximum Gasteiger partial charge on any atom is 0.272 e. The molecular formula is C21H24N4O2. The molecule has 2 aromatic rings. The van der Waals surface area contributed by atoms with E-state index in [1.54, 1.807) is 6.07 Å². The fourth-order valence-corrected chi connectivity index (χ4v) is 5.41. The summed E-state index contributed by atoms with van der Waals surface area (Å²) in [6.45, 7) is 4.46. The van der Waals surface area contributed by atoms with Crippen LogP contribution in [0.5, 0.6) is 0 Å². The van der Waals surface area contributed by atoms with Gasteiger partial charge in [0.2, 0.25) is 0 Å². The fraction of sp³-hybridized carbons (Fsp3) is 0.476. The molecule has 0 radical (unpaired) electrons. The van der Waals surface area contributed by atoms with Gasteiger partial charge in [0.05, 0.1) is 6.04 Å². The summed E-state index contributed by atoms with van der Waals surface area (Å²) in [5.74, 6) is 0.734. The van der Waals surface area contributed by atoms with Gasteiger partial charge in [0.1, 0.15) is 11.4 Å². The highest BCUT2D eigenvalue weighted by Gasteiger charge is 2.54. The van der Waals surface area contributed by atoms with Gasteiger partial charge in [-0.2, -0.15) is 5.10 Å². The third-order valence-corrected chi connectivity index (χ3v) is 6.65. The minimum absolute atomic E-state index is 0.0304. The number of H-pyrrole nitrogens is 1. The van der Waals surface area contributed by atoms with Crippen molar-refractivity contribution in [3.63, 3.8) is 0 Å². The van der Waals surface area contributed by atoms with Crippen LogP contribution in [0.3, 0.4) is 0 Å². The Bertz CT molecular complexity index is 869. The number of hydrogen-bond acceptors (Lipinski definition) is 4. The van der Waals surface area contributed by atoms with Gasteiger partial charge in [-0.1, -0.05) is 30.3 Å². The van der Waals surface area contributed by atoms with Crippen LogP contribution in [0.2, 0.25) is 0 Å². The number of carbonyl (C=O) groups excluding carboxylic acids is 2. The van der Waals surface area contributed by atoms with Gasteiger partial charge in [-0.25, -0.2) is 0 Å². The zero-order valence-electron chi connectivity index (χ0n) is 15.5. The minimum Gasteiger partial charge on any atom is -0.332 e. The van der Waals surface area contributed by atoms with Gasteiger partial charge in [0, 0.05) is 25.4 Å². The van der Waals surface area contributed by atoms with Crippen molar-refractivity contribution >= 4 is 11.7 Å². The molecule has 4 aliphatic heterocycles. The summed E-state index contributed by atoms with van der Waals surface area (Å²) in [7, 11) is 0. The third kappa shape index (κ3) is 2.62. The van der Waals surface area contributed by atoms with Crippen LogP contribution >= 0.6 is 0 Å². The number of hydrogen-bond donors (Lipinski definition) is 1. The lowest BCUT2D eigenvalue weighted by Crippen LogP contribution is -2.60. The molecule has 6 nitrogen and oxygen atoms in total. The predicted octanol–water partition coefficient (Wildman–Crippen LogP) is 2.31. The molecule has 5 heterocycles. The topological polar surface area (TPSA) is 69.3 Å². The second-order valence-electron chi connectivity index (χ2n) is 8.05. The Balaban J connectivity index is 1.50. The van der Waals surface area contributed by atoms with Crippen molar-refractivity contribution in [3.05, 3.63) is 53.3 Å². The van der Waals surface area contributed by atoms with Crippen molar-refractivity contribution in [2.45, 2.75) is 37.8 Å². The van der Waals surface area contributed by atoms with Gasteiger partial charge in [-0.15, -0.1) is 0 Å². The number of piperidine rings is 3. The van der Waals surface area contributed by atoms with Crippen molar-refractivity contribution in [2.75, 3.05) is 19.6 Å². The maximum atomic E-state index is 13.3. The molecule has 3 atom stereocenters. The smallest absolute Gasteiger partial charge is 0.272 e. The second kappa shape index (κ2) is 6.30. The first-order valence-corrected chi connectivity index (χ1v) is 9.80. The van der Waals surface area contributed by atoms with Crippen LogP contribution in [0, 0.1) is 5.92 Å². The quantitative estimate of drug-likeness (QED) is 0.849. The highest BCUT2D eigenvalue weighted by Crippen LogP contribution is 2.46. The van der Waals surface area contributed by atoms with E-state index in [0.717, 1.165) is 32.5 Å². The molecule has 1 aromatic heterocycles. The van der Waals surface area contributed by atoms with Gasteiger partial charge in [-0.05, 0) is 43.5 Å². The summed E-state index contributed by atoms with van der Waals surface area (Å²) >= 11 is 0. The van der Waals surface area contributed by atoms with Crippen LogP contribution in [-0.2, 0) is 0 Å². The van der Waals surface area contributed by atoms with Gasteiger partial charge in [0.15, 0.2) is 5.78 Å². The zero-order valence-corrected chi connectivity index (χ0v) is 15.5. The first kappa shape index (κ1) is 16.7.